The predicted octanol–water partition coefficient (Wildman–Crippen LogP) is 2.06. The lowest BCUT2D eigenvalue weighted by Crippen LogP contribution is -2.44. The fourth-order valence-electron chi connectivity index (χ4n) is 1.98. The molecule has 0 radical (unpaired) electrons. The van der Waals surface area contributed by atoms with E-state index in [0.717, 1.165) is 19.4 Å². The Morgan fingerprint density at radius 1 is 1.72 bits per heavy atom. The SMILES string of the molecule is CCc1sccc1C1CCNC(NC(=O)OC)=N1. The molecule has 0 saturated heterocycles. The fraction of sp³-hybridized carbons (Fsp3) is 0.500. The Morgan fingerprint density at radius 3 is 3.28 bits per heavy atom. The smallest absolute Gasteiger partial charge is 0.413 e. The van der Waals surface area contributed by atoms with E-state index >= 15 is 0 Å². The minimum Gasteiger partial charge on any atom is -0.453 e. The average molecular weight is 267 g/mol. The maximum absolute atomic E-state index is 11.1. The van der Waals surface area contributed by atoms with E-state index in [1.54, 1.807) is 11.3 Å². The first-order valence-corrected chi connectivity index (χ1v) is 6.85. The predicted molar refractivity (Wildman–Crippen MR) is 72.0 cm³/mol. The summed E-state index contributed by atoms with van der Waals surface area (Å²) in [5.41, 5.74) is 1.27. The molecule has 0 saturated carbocycles. The Labute approximate surface area is 110 Å². The van der Waals surface area contributed by atoms with Crippen molar-refractivity contribution in [3.05, 3.63) is 21.9 Å². The third kappa shape index (κ3) is 2.81. The molecule has 0 bridgehead atoms. The molecular formula is C12H17N3O2S. The first-order chi connectivity index (χ1) is 8.74. The van der Waals surface area contributed by atoms with E-state index in [9.17, 15) is 4.79 Å². The summed E-state index contributed by atoms with van der Waals surface area (Å²) in [6, 6.07) is 2.25. The normalized spacial score (nSPS) is 18.8. The third-order valence-electron chi connectivity index (χ3n) is 2.86. The number of thiophene rings is 1. The van der Waals surface area contributed by atoms with Gasteiger partial charge in [-0.15, -0.1) is 11.3 Å². The van der Waals surface area contributed by atoms with Crippen LogP contribution in [-0.2, 0) is 11.2 Å². The van der Waals surface area contributed by atoms with E-state index < -0.39 is 6.09 Å². The second-order valence-corrected chi connectivity index (χ2v) is 4.98. The van der Waals surface area contributed by atoms with E-state index in [1.165, 1.54) is 17.6 Å². The quantitative estimate of drug-likeness (QED) is 0.862. The van der Waals surface area contributed by atoms with Gasteiger partial charge in [-0.2, -0.15) is 0 Å². The van der Waals surface area contributed by atoms with Crippen molar-refractivity contribution in [3.63, 3.8) is 0 Å². The van der Waals surface area contributed by atoms with E-state index in [1.807, 2.05) is 0 Å². The number of hydrogen-bond donors (Lipinski definition) is 2. The van der Waals surface area contributed by atoms with Crippen LogP contribution in [0.5, 0.6) is 0 Å². The molecule has 0 spiro atoms. The number of guanidine groups is 1. The molecule has 0 aliphatic carbocycles. The maximum atomic E-state index is 11.1. The monoisotopic (exact) mass is 267 g/mol. The minimum absolute atomic E-state index is 0.125. The molecule has 5 nitrogen and oxygen atoms in total. The van der Waals surface area contributed by atoms with Crippen LogP contribution in [0.15, 0.2) is 16.4 Å². The van der Waals surface area contributed by atoms with Gasteiger partial charge >= 0.3 is 6.09 Å². The Balaban J connectivity index is 2.14. The molecule has 2 heterocycles. The van der Waals surface area contributed by atoms with Crippen LogP contribution in [0.2, 0.25) is 0 Å². The van der Waals surface area contributed by atoms with Crippen LogP contribution in [0.3, 0.4) is 0 Å². The second-order valence-electron chi connectivity index (χ2n) is 3.98. The molecule has 1 aromatic heterocycles. The van der Waals surface area contributed by atoms with Crippen molar-refractivity contribution in [3.8, 4) is 0 Å². The van der Waals surface area contributed by atoms with Crippen LogP contribution in [0.25, 0.3) is 0 Å². The molecule has 1 amide bonds. The van der Waals surface area contributed by atoms with E-state index in [-0.39, 0.29) is 6.04 Å². The minimum atomic E-state index is -0.497. The Bertz CT molecular complexity index is 456. The lowest BCUT2D eigenvalue weighted by atomic mass is 10.0. The average Bonchev–Trinajstić information content (AvgIpc) is 2.87. The van der Waals surface area contributed by atoms with Crippen LogP contribution in [0, 0.1) is 0 Å². The van der Waals surface area contributed by atoms with Crippen LogP contribution < -0.4 is 10.6 Å². The summed E-state index contributed by atoms with van der Waals surface area (Å²) in [4.78, 5) is 17.0. The molecule has 1 aromatic rings. The Kier molecular flexibility index (Phi) is 4.19. The number of alkyl carbamates (subject to hydrolysis) is 1. The molecule has 1 unspecified atom stereocenters. The molecule has 2 rings (SSSR count). The van der Waals surface area contributed by atoms with Gasteiger partial charge in [-0.05, 0) is 29.9 Å². The van der Waals surface area contributed by atoms with Crippen molar-refractivity contribution in [2.24, 2.45) is 4.99 Å². The van der Waals surface area contributed by atoms with Gasteiger partial charge in [0.15, 0.2) is 0 Å². The molecule has 0 aromatic carbocycles. The molecule has 98 valence electrons. The number of aryl methyl sites for hydroxylation is 1. The standard InChI is InChI=1S/C12H17N3O2S/c1-3-10-8(5-7-18-10)9-4-6-13-11(14-9)15-12(16)17-2/h5,7,9H,3-4,6H2,1-2H3,(H2,13,14,15,16). The zero-order valence-electron chi connectivity index (χ0n) is 10.5. The lowest BCUT2D eigenvalue weighted by Gasteiger charge is -2.22. The van der Waals surface area contributed by atoms with E-state index in [0.29, 0.717) is 5.96 Å². The number of carbonyl (C=O) groups is 1. The summed E-state index contributed by atoms with van der Waals surface area (Å²) >= 11 is 1.76. The van der Waals surface area contributed by atoms with Crippen molar-refractivity contribution in [1.29, 1.82) is 0 Å². The van der Waals surface area contributed by atoms with Gasteiger partial charge in [0.2, 0.25) is 5.96 Å². The number of hydrogen-bond acceptors (Lipinski definition) is 5. The summed E-state index contributed by atoms with van der Waals surface area (Å²) < 4.78 is 4.55. The Hall–Kier alpha value is -1.56. The molecule has 2 N–H and O–H groups in total. The van der Waals surface area contributed by atoms with Crippen molar-refractivity contribution in [2.45, 2.75) is 25.8 Å². The van der Waals surface area contributed by atoms with Crippen molar-refractivity contribution in [1.82, 2.24) is 10.6 Å². The number of methoxy groups -OCH3 is 1. The van der Waals surface area contributed by atoms with Gasteiger partial charge in [-0.1, -0.05) is 6.92 Å². The zero-order valence-corrected chi connectivity index (χ0v) is 11.3. The maximum Gasteiger partial charge on any atom is 0.413 e. The van der Waals surface area contributed by atoms with E-state index in [4.69, 9.17) is 0 Å². The molecule has 6 heteroatoms. The number of amides is 1. The number of nitrogens with one attached hydrogen (secondary N) is 2. The third-order valence-corrected chi connectivity index (χ3v) is 3.94. The van der Waals surface area contributed by atoms with Crippen molar-refractivity contribution in [2.75, 3.05) is 13.7 Å². The highest BCUT2D eigenvalue weighted by atomic mass is 32.1. The Morgan fingerprint density at radius 2 is 2.56 bits per heavy atom. The molecule has 1 aliphatic heterocycles. The number of rotatable bonds is 2. The highest BCUT2D eigenvalue weighted by Gasteiger charge is 2.20. The first-order valence-electron chi connectivity index (χ1n) is 5.97. The molecule has 1 aliphatic rings. The number of nitrogens with zero attached hydrogens (tertiary/aromatic N) is 1. The topological polar surface area (TPSA) is 62.7 Å². The molecular weight excluding hydrogens is 250 g/mol. The molecule has 18 heavy (non-hydrogen) atoms. The van der Waals surface area contributed by atoms with Crippen molar-refractivity contribution >= 4 is 23.4 Å². The van der Waals surface area contributed by atoms with Gasteiger partial charge in [0.1, 0.15) is 0 Å². The highest BCUT2D eigenvalue weighted by Crippen LogP contribution is 2.30. The summed E-state index contributed by atoms with van der Waals surface area (Å²) in [6.45, 7) is 2.94. The first kappa shape index (κ1) is 12.9. The number of aliphatic imine (C=N–C) groups is 1. The largest absolute Gasteiger partial charge is 0.453 e. The van der Waals surface area contributed by atoms with Crippen LogP contribution in [0.1, 0.15) is 29.8 Å². The summed E-state index contributed by atoms with van der Waals surface area (Å²) in [5, 5.41) is 7.73. The summed E-state index contributed by atoms with van der Waals surface area (Å²) in [7, 11) is 1.34. The highest BCUT2D eigenvalue weighted by molar-refractivity contribution is 7.10. The van der Waals surface area contributed by atoms with Gasteiger partial charge in [-0.25, -0.2) is 9.79 Å². The lowest BCUT2D eigenvalue weighted by molar-refractivity contribution is 0.176. The van der Waals surface area contributed by atoms with Crippen LogP contribution in [-0.4, -0.2) is 25.7 Å². The fourth-order valence-corrected chi connectivity index (χ4v) is 2.86. The number of carbonyl (C=O) groups excluding carboxylic acids is 1. The zero-order chi connectivity index (χ0) is 13.0. The number of ether oxygens (including phenoxy) is 1. The van der Waals surface area contributed by atoms with Crippen LogP contribution >= 0.6 is 11.3 Å². The second kappa shape index (κ2) is 5.86. The van der Waals surface area contributed by atoms with E-state index in [2.05, 4.69) is 38.7 Å². The van der Waals surface area contributed by atoms with Gasteiger partial charge in [0.05, 0.1) is 13.2 Å². The van der Waals surface area contributed by atoms with Gasteiger partial charge in [0, 0.05) is 11.4 Å². The van der Waals surface area contributed by atoms with Crippen LogP contribution in [0.4, 0.5) is 4.79 Å². The summed E-state index contributed by atoms with van der Waals surface area (Å²) in [5.74, 6) is 0.492. The van der Waals surface area contributed by atoms with Gasteiger partial charge in [-0.3, -0.25) is 5.32 Å². The molecule has 0 fully saturated rings. The van der Waals surface area contributed by atoms with Crippen molar-refractivity contribution < 1.29 is 9.53 Å². The summed E-state index contributed by atoms with van der Waals surface area (Å²) in [6.07, 6.45) is 1.46. The molecule has 1 atom stereocenters. The van der Waals surface area contributed by atoms with Gasteiger partial charge < -0.3 is 10.1 Å². The van der Waals surface area contributed by atoms with Gasteiger partial charge in [0.25, 0.3) is 0 Å².